The van der Waals surface area contributed by atoms with Gasteiger partial charge in [-0.05, 0) is 49.2 Å². The SMILES string of the molecule is COc1ccc(Cl)cc1NS(=O)(=O)c1cccc(C(=O)NC[C@H]2CCCO2)c1. The molecule has 3 rings (SSSR count). The fourth-order valence-corrected chi connectivity index (χ4v) is 4.16. The zero-order chi connectivity index (χ0) is 20.1. The molecule has 1 saturated heterocycles. The Morgan fingerprint density at radius 2 is 2.11 bits per heavy atom. The first-order valence-electron chi connectivity index (χ1n) is 8.75. The molecule has 150 valence electrons. The lowest BCUT2D eigenvalue weighted by atomic mass is 10.2. The Hall–Kier alpha value is -2.29. The van der Waals surface area contributed by atoms with Gasteiger partial charge in [0.05, 0.1) is 23.8 Å². The van der Waals surface area contributed by atoms with Crippen molar-refractivity contribution >= 4 is 33.2 Å². The van der Waals surface area contributed by atoms with Crippen LogP contribution in [0.1, 0.15) is 23.2 Å². The molecule has 2 aromatic carbocycles. The molecule has 0 aliphatic carbocycles. The molecule has 2 aromatic rings. The Bertz CT molecular complexity index is 959. The topological polar surface area (TPSA) is 93.7 Å². The van der Waals surface area contributed by atoms with Crippen LogP contribution in [-0.4, -0.2) is 40.7 Å². The number of nitrogens with one attached hydrogen (secondary N) is 2. The van der Waals surface area contributed by atoms with Crippen LogP contribution in [0.25, 0.3) is 0 Å². The molecule has 0 saturated carbocycles. The van der Waals surface area contributed by atoms with Crippen molar-refractivity contribution in [2.45, 2.75) is 23.8 Å². The standard InChI is InChI=1S/C19H21ClN2O5S/c1-26-18-8-7-14(20)11-17(18)22-28(24,25)16-6-2-4-13(10-16)19(23)21-12-15-5-3-9-27-15/h2,4,6-8,10-11,15,22H,3,5,9,12H2,1H3,(H,21,23)/t15-/m1/s1. The van der Waals surface area contributed by atoms with E-state index in [0.717, 1.165) is 12.8 Å². The number of benzene rings is 2. The average Bonchev–Trinajstić information content (AvgIpc) is 3.20. The Morgan fingerprint density at radius 1 is 1.29 bits per heavy atom. The number of carbonyl (C=O) groups excluding carboxylic acids is 1. The van der Waals surface area contributed by atoms with Gasteiger partial charge in [-0.2, -0.15) is 0 Å². The molecule has 0 unspecified atom stereocenters. The van der Waals surface area contributed by atoms with E-state index in [1.54, 1.807) is 18.2 Å². The quantitative estimate of drug-likeness (QED) is 0.712. The second-order valence-corrected chi connectivity index (χ2v) is 8.44. The highest BCUT2D eigenvalue weighted by Gasteiger charge is 2.20. The highest BCUT2D eigenvalue weighted by molar-refractivity contribution is 7.92. The second kappa shape index (κ2) is 8.81. The molecule has 7 nitrogen and oxygen atoms in total. The number of sulfonamides is 1. The van der Waals surface area contributed by atoms with Gasteiger partial charge in [0.15, 0.2) is 0 Å². The van der Waals surface area contributed by atoms with Crippen LogP contribution in [0.15, 0.2) is 47.4 Å². The van der Waals surface area contributed by atoms with Gasteiger partial charge in [0, 0.05) is 23.7 Å². The lowest BCUT2D eigenvalue weighted by Crippen LogP contribution is -2.31. The normalized spacial score (nSPS) is 16.6. The molecule has 1 atom stereocenters. The fraction of sp³-hybridized carbons (Fsp3) is 0.316. The van der Waals surface area contributed by atoms with Crippen molar-refractivity contribution in [3.05, 3.63) is 53.1 Å². The summed E-state index contributed by atoms with van der Waals surface area (Å²) in [6.07, 6.45) is 1.89. The number of rotatable bonds is 7. The van der Waals surface area contributed by atoms with Gasteiger partial charge in [0.25, 0.3) is 15.9 Å². The van der Waals surface area contributed by atoms with E-state index >= 15 is 0 Å². The summed E-state index contributed by atoms with van der Waals surface area (Å²) in [5.41, 5.74) is 0.460. The predicted octanol–water partition coefficient (Wildman–Crippen LogP) is 3.06. The Labute approximate surface area is 169 Å². The molecule has 2 N–H and O–H groups in total. The minimum absolute atomic E-state index is 0.00725. The summed E-state index contributed by atoms with van der Waals surface area (Å²) in [5.74, 6) is -0.0219. The van der Waals surface area contributed by atoms with E-state index in [4.69, 9.17) is 21.1 Å². The van der Waals surface area contributed by atoms with E-state index in [9.17, 15) is 13.2 Å². The minimum atomic E-state index is -3.94. The summed E-state index contributed by atoms with van der Waals surface area (Å²) in [6.45, 7) is 1.10. The summed E-state index contributed by atoms with van der Waals surface area (Å²) in [6, 6.07) is 10.4. The van der Waals surface area contributed by atoms with Crippen LogP contribution in [0.2, 0.25) is 5.02 Å². The van der Waals surface area contributed by atoms with Crippen LogP contribution in [0.4, 0.5) is 5.69 Å². The van der Waals surface area contributed by atoms with E-state index < -0.39 is 10.0 Å². The molecular weight excluding hydrogens is 404 g/mol. The molecule has 0 aromatic heterocycles. The van der Waals surface area contributed by atoms with Gasteiger partial charge in [-0.15, -0.1) is 0 Å². The molecule has 1 aliphatic rings. The molecule has 1 amide bonds. The van der Waals surface area contributed by atoms with E-state index in [1.807, 2.05) is 0 Å². The summed E-state index contributed by atoms with van der Waals surface area (Å²) >= 11 is 5.95. The van der Waals surface area contributed by atoms with Crippen LogP contribution >= 0.6 is 11.6 Å². The molecule has 28 heavy (non-hydrogen) atoms. The molecule has 1 fully saturated rings. The number of hydrogen-bond acceptors (Lipinski definition) is 5. The number of anilines is 1. The molecule has 0 radical (unpaired) electrons. The van der Waals surface area contributed by atoms with Crippen molar-refractivity contribution < 1.29 is 22.7 Å². The Kier molecular flexibility index (Phi) is 6.43. The largest absolute Gasteiger partial charge is 0.495 e. The number of amides is 1. The lowest BCUT2D eigenvalue weighted by Gasteiger charge is -2.13. The second-order valence-electron chi connectivity index (χ2n) is 6.32. The highest BCUT2D eigenvalue weighted by atomic mass is 35.5. The fourth-order valence-electron chi connectivity index (χ4n) is 2.88. The first-order valence-corrected chi connectivity index (χ1v) is 10.6. The molecule has 0 bridgehead atoms. The van der Waals surface area contributed by atoms with Gasteiger partial charge in [-0.1, -0.05) is 17.7 Å². The third kappa shape index (κ3) is 4.95. The number of hydrogen-bond donors (Lipinski definition) is 2. The van der Waals surface area contributed by atoms with E-state index in [0.29, 0.717) is 23.9 Å². The third-order valence-corrected chi connectivity index (χ3v) is 5.92. The molecule has 0 spiro atoms. The summed E-state index contributed by atoms with van der Waals surface area (Å²) < 4.78 is 38.6. The summed E-state index contributed by atoms with van der Waals surface area (Å²) in [5, 5.41) is 3.14. The summed E-state index contributed by atoms with van der Waals surface area (Å²) in [7, 11) is -2.51. The number of carbonyl (C=O) groups is 1. The highest BCUT2D eigenvalue weighted by Crippen LogP contribution is 2.30. The van der Waals surface area contributed by atoms with Gasteiger partial charge in [-0.3, -0.25) is 9.52 Å². The first kappa shape index (κ1) is 20.4. The van der Waals surface area contributed by atoms with Gasteiger partial charge in [0.2, 0.25) is 0 Å². The van der Waals surface area contributed by atoms with Crippen LogP contribution in [0.5, 0.6) is 5.75 Å². The van der Waals surface area contributed by atoms with Crippen LogP contribution in [-0.2, 0) is 14.8 Å². The maximum Gasteiger partial charge on any atom is 0.262 e. The van der Waals surface area contributed by atoms with E-state index in [2.05, 4.69) is 10.0 Å². The Balaban J connectivity index is 1.76. The van der Waals surface area contributed by atoms with Crippen molar-refractivity contribution in [3.63, 3.8) is 0 Å². The smallest absolute Gasteiger partial charge is 0.262 e. The van der Waals surface area contributed by atoms with Gasteiger partial charge in [-0.25, -0.2) is 8.42 Å². The molecule has 1 heterocycles. The van der Waals surface area contributed by atoms with Crippen LogP contribution in [0, 0.1) is 0 Å². The zero-order valence-corrected chi connectivity index (χ0v) is 16.8. The predicted molar refractivity (Wildman–Crippen MR) is 107 cm³/mol. The zero-order valence-electron chi connectivity index (χ0n) is 15.3. The average molecular weight is 425 g/mol. The van der Waals surface area contributed by atoms with Gasteiger partial charge < -0.3 is 14.8 Å². The third-order valence-electron chi connectivity index (χ3n) is 4.33. The van der Waals surface area contributed by atoms with Crippen molar-refractivity contribution in [3.8, 4) is 5.75 Å². The maximum atomic E-state index is 12.8. The van der Waals surface area contributed by atoms with Gasteiger partial charge >= 0.3 is 0 Å². The monoisotopic (exact) mass is 424 g/mol. The van der Waals surface area contributed by atoms with Crippen LogP contribution in [0.3, 0.4) is 0 Å². The number of ether oxygens (including phenoxy) is 2. The Morgan fingerprint density at radius 3 is 2.82 bits per heavy atom. The van der Waals surface area contributed by atoms with E-state index in [-0.39, 0.29) is 28.2 Å². The van der Waals surface area contributed by atoms with E-state index in [1.165, 1.54) is 31.4 Å². The van der Waals surface area contributed by atoms with Crippen LogP contribution < -0.4 is 14.8 Å². The first-order chi connectivity index (χ1) is 13.4. The van der Waals surface area contributed by atoms with Crippen molar-refractivity contribution in [1.82, 2.24) is 5.32 Å². The minimum Gasteiger partial charge on any atom is -0.495 e. The number of methoxy groups -OCH3 is 1. The van der Waals surface area contributed by atoms with Gasteiger partial charge in [0.1, 0.15) is 5.75 Å². The maximum absolute atomic E-state index is 12.8. The number of halogens is 1. The van der Waals surface area contributed by atoms with Crippen molar-refractivity contribution in [2.24, 2.45) is 0 Å². The molecular formula is C19H21ClN2O5S. The summed E-state index contributed by atoms with van der Waals surface area (Å²) in [4.78, 5) is 12.3. The molecule has 1 aliphatic heterocycles. The molecule has 9 heteroatoms. The van der Waals surface area contributed by atoms with Crippen molar-refractivity contribution in [2.75, 3.05) is 25.0 Å². The lowest BCUT2D eigenvalue weighted by molar-refractivity contribution is 0.0857. The van der Waals surface area contributed by atoms with Crippen molar-refractivity contribution in [1.29, 1.82) is 0 Å².